The Morgan fingerprint density at radius 3 is 3.09 bits per heavy atom. The van der Waals surface area contributed by atoms with E-state index in [2.05, 4.69) is 10.2 Å². The molecule has 1 aromatic rings. The number of alkyl halides is 1. The van der Waals surface area contributed by atoms with Gasteiger partial charge in [0.15, 0.2) is 5.82 Å². The Hall–Kier alpha value is -0.830. The van der Waals surface area contributed by atoms with E-state index >= 15 is 0 Å². The van der Waals surface area contributed by atoms with Crippen LogP contribution in [-0.2, 0) is 7.05 Å². The third kappa shape index (κ3) is 2.35. The van der Waals surface area contributed by atoms with Crippen LogP contribution in [0, 0.1) is 0 Å². The SMILES string of the molecule is Cn1cnnc1/C=C/CCCl. The van der Waals surface area contributed by atoms with Crippen molar-refractivity contribution in [1.82, 2.24) is 14.8 Å². The van der Waals surface area contributed by atoms with Crippen molar-refractivity contribution in [3.05, 3.63) is 18.2 Å². The lowest BCUT2D eigenvalue weighted by Gasteiger charge is -1.89. The average Bonchev–Trinajstić information content (AvgIpc) is 2.37. The summed E-state index contributed by atoms with van der Waals surface area (Å²) < 4.78 is 1.85. The predicted molar refractivity (Wildman–Crippen MR) is 45.4 cm³/mol. The van der Waals surface area contributed by atoms with Crippen molar-refractivity contribution in [2.75, 3.05) is 5.88 Å². The van der Waals surface area contributed by atoms with Crippen LogP contribution in [0.25, 0.3) is 6.08 Å². The molecular formula is C7H10ClN3. The fourth-order valence-corrected chi connectivity index (χ4v) is 0.821. The summed E-state index contributed by atoms with van der Waals surface area (Å²) in [4.78, 5) is 0. The van der Waals surface area contributed by atoms with E-state index in [0.29, 0.717) is 5.88 Å². The van der Waals surface area contributed by atoms with Crippen LogP contribution < -0.4 is 0 Å². The number of aryl methyl sites for hydroxylation is 1. The van der Waals surface area contributed by atoms with Gasteiger partial charge < -0.3 is 4.57 Å². The highest BCUT2D eigenvalue weighted by Crippen LogP contribution is 1.96. The molecule has 1 aromatic heterocycles. The molecule has 0 aliphatic carbocycles. The van der Waals surface area contributed by atoms with Crippen LogP contribution in [0.15, 0.2) is 12.4 Å². The number of hydrogen-bond acceptors (Lipinski definition) is 2. The molecule has 0 fully saturated rings. The zero-order valence-corrected chi connectivity index (χ0v) is 7.12. The molecule has 0 amide bonds. The lowest BCUT2D eigenvalue weighted by molar-refractivity contribution is 0.895. The van der Waals surface area contributed by atoms with Crippen LogP contribution in [0.3, 0.4) is 0 Å². The zero-order chi connectivity index (χ0) is 8.10. The number of aromatic nitrogens is 3. The van der Waals surface area contributed by atoms with Crippen molar-refractivity contribution in [2.24, 2.45) is 7.05 Å². The molecule has 0 aromatic carbocycles. The van der Waals surface area contributed by atoms with Crippen molar-refractivity contribution in [3.63, 3.8) is 0 Å². The minimum atomic E-state index is 0.647. The first-order chi connectivity index (χ1) is 5.34. The second-order valence-corrected chi connectivity index (χ2v) is 2.56. The van der Waals surface area contributed by atoms with Crippen molar-refractivity contribution in [3.8, 4) is 0 Å². The number of rotatable bonds is 3. The van der Waals surface area contributed by atoms with Crippen LogP contribution in [0.2, 0.25) is 0 Å². The molecule has 0 saturated heterocycles. The molecule has 60 valence electrons. The molecule has 0 aliphatic heterocycles. The molecule has 0 aliphatic rings. The molecule has 1 heterocycles. The van der Waals surface area contributed by atoms with Crippen molar-refractivity contribution in [2.45, 2.75) is 6.42 Å². The van der Waals surface area contributed by atoms with Gasteiger partial charge in [0, 0.05) is 12.9 Å². The van der Waals surface area contributed by atoms with Crippen LogP contribution in [0.5, 0.6) is 0 Å². The molecule has 0 radical (unpaired) electrons. The summed E-state index contributed by atoms with van der Waals surface area (Å²) in [6.07, 6.45) is 6.43. The van der Waals surface area contributed by atoms with E-state index in [0.717, 1.165) is 12.2 Å². The van der Waals surface area contributed by atoms with Gasteiger partial charge in [0.05, 0.1) is 0 Å². The molecule has 0 bridgehead atoms. The Kier molecular flexibility index (Phi) is 3.11. The molecule has 4 heteroatoms. The molecule has 3 nitrogen and oxygen atoms in total. The summed E-state index contributed by atoms with van der Waals surface area (Å²) >= 11 is 5.49. The predicted octanol–water partition coefficient (Wildman–Crippen LogP) is 1.46. The van der Waals surface area contributed by atoms with Gasteiger partial charge in [-0.05, 0) is 12.5 Å². The first-order valence-electron chi connectivity index (χ1n) is 3.41. The highest BCUT2D eigenvalue weighted by Gasteiger charge is 1.91. The Labute approximate surface area is 70.7 Å². The Morgan fingerprint density at radius 1 is 1.73 bits per heavy atom. The normalized spacial score (nSPS) is 11.1. The zero-order valence-electron chi connectivity index (χ0n) is 6.37. The summed E-state index contributed by atoms with van der Waals surface area (Å²) in [6.45, 7) is 0. The fraction of sp³-hybridized carbons (Fsp3) is 0.429. The van der Waals surface area contributed by atoms with E-state index in [1.165, 1.54) is 0 Å². The lowest BCUT2D eigenvalue weighted by atomic mass is 10.4. The maximum absolute atomic E-state index is 5.49. The first-order valence-corrected chi connectivity index (χ1v) is 3.94. The van der Waals surface area contributed by atoms with E-state index in [1.807, 2.05) is 23.8 Å². The quantitative estimate of drug-likeness (QED) is 0.645. The minimum absolute atomic E-state index is 0.647. The molecule has 1 rings (SSSR count). The monoisotopic (exact) mass is 171 g/mol. The van der Waals surface area contributed by atoms with Gasteiger partial charge in [-0.15, -0.1) is 21.8 Å². The van der Waals surface area contributed by atoms with Gasteiger partial charge in [-0.1, -0.05) is 6.08 Å². The largest absolute Gasteiger partial charge is 0.317 e. The number of allylic oxidation sites excluding steroid dienone is 1. The third-order valence-electron chi connectivity index (χ3n) is 1.29. The summed E-state index contributed by atoms with van der Waals surface area (Å²) in [5.41, 5.74) is 0. The van der Waals surface area contributed by atoms with Crippen molar-refractivity contribution in [1.29, 1.82) is 0 Å². The minimum Gasteiger partial charge on any atom is -0.317 e. The van der Waals surface area contributed by atoms with Crippen molar-refractivity contribution < 1.29 is 0 Å². The Balaban J connectivity index is 2.56. The average molecular weight is 172 g/mol. The molecular weight excluding hydrogens is 162 g/mol. The topological polar surface area (TPSA) is 30.7 Å². The maximum atomic E-state index is 5.49. The highest BCUT2D eigenvalue weighted by molar-refractivity contribution is 6.17. The Morgan fingerprint density at radius 2 is 2.55 bits per heavy atom. The highest BCUT2D eigenvalue weighted by atomic mass is 35.5. The van der Waals surface area contributed by atoms with E-state index in [4.69, 9.17) is 11.6 Å². The van der Waals surface area contributed by atoms with Crippen molar-refractivity contribution >= 4 is 17.7 Å². The van der Waals surface area contributed by atoms with Gasteiger partial charge in [0.25, 0.3) is 0 Å². The number of nitrogens with zero attached hydrogens (tertiary/aromatic N) is 3. The van der Waals surface area contributed by atoms with E-state index in [9.17, 15) is 0 Å². The van der Waals surface area contributed by atoms with E-state index < -0.39 is 0 Å². The van der Waals surface area contributed by atoms with Gasteiger partial charge in [-0.3, -0.25) is 0 Å². The summed E-state index contributed by atoms with van der Waals surface area (Å²) in [5.74, 6) is 1.50. The summed E-state index contributed by atoms with van der Waals surface area (Å²) in [6, 6.07) is 0. The van der Waals surface area contributed by atoms with Crippen LogP contribution in [0.4, 0.5) is 0 Å². The molecule has 0 N–H and O–H groups in total. The van der Waals surface area contributed by atoms with Gasteiger partial charge >= 0.3 is 0 Å². The second kappa shape index (κ2) is 4.13. The summed E-state index contributed by atoms with van der Waals surface area (Å²) in [7, 11) is 1.90. The Bertz CT molecular complexity index is 242. The lowest BCUT2D eigenvalue weighted by Crippen LogP contribution is -1.88. The van der Waals surface area contributed by atoms with Gasteiger partial charge in [0.2, 0.25) is 0 Å². The first kappa shape index (κ1) is 8.27. The molecule has 0 unspecified atom stereocenters. The molecule has 0 saturated carbocycles. The second-order valence-electron chi connectivity index (χ2n) is 2.18. The smallest absolute Gasteiger partial charge is 0.155 e. The van der Waals surface area contributed by atoms with Crippen LogP contribution in [0.1, 0.15) is 12.2 Å². The molecule has 0 spiro atoms. The third-order valence-corrected chi connectivity index (χ3v) is 1.51. The van der Waals surface area contributed by atoms with Gasteiger partial charge in [-0.2, -0.15) is 0 Å². The van der Waals surface area contributed by atoms with Crippen LogP contribution in [-0.4, -0.2) is 20.6 Å². The number of hydrogen-bond donors (Lipinski definition) is 0. The standard InChI is InChI=1S/C7H10ClN3/c1-11-6-9-10-7(11)4-2-3-5-8/h2,4,6H,3,5H2,1H3/b4-2+. The van der Waals surface area contributed by atoms with Crippen LogP contribution >= 0.6 is 11.6 Å². The van der Waals surface area contributed by atoms with Gasteiger partial charge in [0.1, 0.15) is 6.33 Å². The number of halogens is 1. The van der Waals surface area contributed by atoms with E-state index in [1.54, 1.807) is 6.33 Å². The van der Waals surface area contributed by atoms with Gasteiger partial charge in [-0.25, -0.2) is 0 Å². The summed E-state index contributed by atoms with van der Waals surface area (Å²) in [5, 5.41) is 7.60. The molecule has 11 heavy (non-hydrogen) atoms. The fourth-order valence-electron chi connectivity index (χ4n) is 0.695. The van der Waals surface area contributed by atoms with E-state index in [-0.39, 0.29) is 0 Å². The molecule has 0 atom stereocenters. The maximum Gasteiger partial charge on any atom is 0.155 e.